The van der Waals surface area contributed by atoms with E-state index >= 15 is 0 Å². The highest BCUT2D eigenvalue weighted by molar-refractivity contribution is 9.12. The summed E-state index contributed by atoms with van der Waals surface area (Å²) < 4.78 is 0.932. The molecule has 0 N–H and O–H groups in total. The van der Waals surface area contributed by atoms with Crippen molar-refractivity contribution in [2.24, 2.45) is 0 Å². The van der Waals surface area contributed by atoms with Crippen molar-refractivity contribution in [3.05, 3.63) is 33.8 Å². The van der Waals surface area contributed by atoms with Crippen molar-refractivity contribution >= 4 is 71.9 Å². The predicted molar refractivity (Wildman–Crippen MR) is 104 cm³/mol. The topological polar surface area (TPSA) is 44.1 Å². The highest BCUT2D eigenvalue weighted by Gasteiger charge is 2.26. The van der Waals surface area contributed by atoms with Crippen molar-refractivity contribution in [2.75, 3.05) is 6.54 Å². The number of likely N-dealkylation sites (tertiary alicyclic amines) is 1. The van der Waals surface area contributed by atoms with E-state index in [-0.39, 0.29) is 5.91 Å². The molecule has 0 saturated carbocycles. The SMILES string of the molecule is C=C(Br)C(=S)C(=CC(=O)N1CCCCC1C#N)C(=S)C(=C)Br. The van der Waals surface area contributed by atoms with Crippen LogP contribution in [0.15, 0.2) is 33.8 Å². The summed E-state index contributed by atoms with van der Waals surface area (Å²) in [6, 6.07) is 1.77. The molecule has 0 spiro atoms. The maximum Gasteiger partial charge on any atom is 0.248 e. The molecular formula is C15H14Br2N2OS2. The molecule has 1 rings (SSSR count). The lowest BCUT2D eigenvalue weighted by Gasteiger charge is -2.30. The van der Waals surface area contributed by atoms with Gasteiger partial charge in [-0.2, -0.15) is 5.26 Å². The second kappa shape index (κ2) is 8.82. The van der Waals surface area contributed by atoms with Crippen molar-refractivity contribution < 1.29 is 4.79 Å². The molecule has 0 aromatic heterocycles. The first-order chi connectivity index (χ1) is 10.3. The number of nitriles is 1. The summed E-state index contributed by atoms with van der Waals surface area (Å²) in [5.41, 5.74) is 0.404. The van der Waals surface area contributed by atoms with E-state index in [1.807, 2.05) is 0 Å². The zero-order chi connectivity index (χ0) is 16.9. The molecule has 1 amide bonds. The lowest BCUT2D eigenvalue weighted by atomic mass is 10.0. The molecule has 0 aromatic carbocycles. The van der Waals surface area contributed by atoms with Crippen molar-refractivity contribution in [3.63, 3.8) is 0 Å². The summed E-state index contributed by atoms with van der Waals surface area (Å²) in [6.07, 6.45) is 3.90. The van der Waals surface area contributed by atoms with Gasteiger partial charge in [-0.3, -0.25) is 4.79 Å². The van der Waals surface area contributed by atoms with Crippen molar-refractivity contribution in [2.45, 2.75) is 25.3 Å². The number of hydrogen-bond acceptors (Lipinski definition) is 4. The molecule has 1 unspecified atom stereocenters. The van der Waals surface area contributed by atoms with Crippen LogP contribution >= 0.6 is 56.3 Å². The molecule has 1 aliphatic rings. The van der Waals surface area contributed by atoms with E-state index in [4.69, 9.17) is 24.4 Å². The van der Waals surface area contributed by atoms with Crippen LogP contribution in [0.2, 0.25) is 0 Å². The average Bonchev–Trinajstić information content (AvgIpc) is 2.50. The lowest BCUT2D eigenvalue weighted by molar-refractivity contribution is -0.128. The van der Waals surface area contributed by atoms with Crippen molar-refractivity contribution in [3.8, 4) is 6.07 Å². The van der Waals surface area contributed by atoms with Gasteiger partial charge in [-0.25, -0.2) is 0 Å². The minimum Gasteiger partial charge on any atom is -0.323 e. The molecule has 7 heteroatoms. The summed E-state index contributed by atoms with van der Waals surface area (Å²) in [5, 5.41) is 9.18. The number of hydrogen-bond donors (Lipinski definition) is 0. The monoisotopic (exact) mass is 460 g/mol. The van der Waals surface area contributed by atoms with Gasteiger partial charge in [-0.15, -0.1) is 0 Å². The highest BCUT2D eigenvalue weighted by Crippen LogP contribution is 2.22. The molecule has 116 valence electrons. The van der Waals surface area contributed by atoms with Gasteiger partial charge in [-0.1, -0.05) is 37.6 Å². The standard InChI is InChI=1S/C15H14Br2N2OS2/c1-9(16)14(21)12(15(22)10(2)17)7-13(20)19-6-4-3-5-11(19)8-18/h7,11H,1-6H2. The quantitative estimate of drug-likeness (QED) is 0.450. The van der Waals surface area contributed by atoms with E-state index in [0.717, 1.165) is 12.8 Å². The molecule has 1 saturated heterocycles. The maximum absolute atomic E-state index is 12.5. The van der Waals surface area contributed by atoms with E-state index in [2.05, 4.69) is 51.1 Å². The lowest BCUT2D eigenvalue weighted by Crippen LogP contribution is -2.42. The second-order valence-corrected chi connectivity index (χ2v) is 7.43. The fraction of sp³-hybridized carbons (Fsp3) is 0.333. The molecule has 0 aromatic rings. The van der Waals surface area contributed by atoms with E-state index in [0.29, 0.717) is 37.2 Å². The van der Waals surface area contributed by atoms with Crippen LogP contribution in [0.1, 0.15) is 19.3 Å². The van der Waals surface area contributed by atoms with Crippen LogP contribution in [0.5, 0.6) is 0 Å². The van der Waals surface area contributed by atoms with Gasteiger partial charge in [0.2, 0.25) is 5.91 Å². The molecule has 0 aliphatic carbocycles. The third kappa shape index (κ3) is 4.92. The number of nitrogens with zero attached hydrogens (tertiary/aromatic N) is 2. The minimum atomic E-state index is -0.403. The van der Waals surface area contributed by atoms with Crippen LogP contribution in [0.3, 0.4) is 0 Å². The molecule has 1 fully saturated rings. The Morgan fingerprint density at radius 3 is 2.23 bits per heavy atom. The van der Waals surface area contributed by atoms with Gasteiger partial charge < -0.3 is 4.90 Å². The summed E-state index contributed by atoms with van der Waals surface area (Å²) in [4.78, 5) is 14.8. The first-order valence-electron chi connectivity index (χ1n) is 6.49. The molecular weight excluding hydrogens is 448 g/mol. The summed E-state index contributed by atoms with van der Waals surface area (Å²) >= 11 is 17.0. The number of carbonyl (C=O) groups is 1. The number of carbonyl (C=O) groups excluding carboxylic acids is 1. The molecule has 3 nitrogen and oxygen atoms in total. The zero-order valence-corrected chi connectivity index (χ0v) is 16.6. The number of thiocarbonyl (C=S) groups is 2. The number of piperidine rings is 1. The van der Waals surface area contributed by atoms with E-state index in [1.165, 1.54) is 6.08 Å². The Morgan fingerprint density at radius 1 is 1.23 bits per heavy atom. The number of halogens is 2. The largest absolute Gasteiger partial charge is 0.323 e. The smallest absolute Gasteiger partial charge is 0.248 e. The van der Waals surface area contributed by atoms with Gasteiger partial charge in [0.05, 0.1) is 15.8 Å². The first kappa shape index (κ1) is 19.4. The van der Waals surface area contributed by atoms with Crippen molar-refractivity contribution in [1.29, 1.82) is 5.26 Å². The number of allylic oxidation sites excluding steroid dienone is 3. The Bertz CT molecular complexity index is 592. The van der Waals surface area contributed by atoms with Gasteiger partial charge >= 0.3 is 0 Å². The fourth-order valence-corrected chi connectivity index (χ4v) is 2.88. The fourth-order valence-electron chi connectivity index (χ4n) is 2.06. The van der Waals surface area contributed by atoms with E-state index in [1.54, 1.807) is 4.90 Å². The molecule has 22 heavy (non-hydrogen) atoms. The van der Waals surface area contributed by atoms with Crippen LogP contribution < -0.4 is 0 Å². The van der Waals surface area contributed by atoms with Crippen LogP contribution in [0.25, 0.3) is 0 Å². The second-order valence-electron chi connectivity index (χ2n) is 4.70. The predicted octanol–water partition coefficient (Wildman–Crippen LogP) is 4.37. The first-order valence-corrected chi connectivity index (χ1v) is 8.90. The normalized spacial score (nSPS) is 17.1. The van der Waals surface area contributed by atoms with E-state index in [9.17, 15) is 10.1 Å². The van der Waals surface area contributed by atoms with Gasteiger partial charge in [-0.05, 0) is 51.1 Å². The van der Waals surface area contributed by atoms with Gasteiger partial charge in [0.25, 0.3) is 0 Å². The molecule has 1 heterocycles. The third-order valence-electron chi connectivity index (χ3n) is 3.18. The molecule has 1 aliphatic heterocycles. The maximum atomic E-state index is 12.5. The van der Waals surface area contributed by atoms with E-state index < -0.39 is 6.04 Å². The summed E-state index contributed by atoms with van der Waals surface area (Å²) in [6.45, 7) is 8.00. The molecule has 0 radical (unpaired) electrons. The van der Waals surface area contributed by atoms with Gasteiger partial charge in [0.1, 0.15) is 6.04 Å². The molecule has 0 bridgehead atoms. The summed E-state index contributed by atoms with van der Waals surface area (Å²) in [7, 11) is 0. The van der Waals surface area contributed by atoms with Crippen molar-refractivity contribution in [1.82, 2.24) is 4.90 Å². The Balaban J connectivity index is 3.15. The third-order valence-corrected chi connectivity index (χ3v) is 5.44. The zero-order valence-electron chi connectivity index (χ0n) is 11.8. The van der Waals surface area contributed by atoms with Crippen LogP contribution in [0.4, 0.5) is 0 Å². The van der Waals surface area contributed by atoms with Gasteiger partial charge in [0, 0.05) is 27.2 Å². The minimum absolute atomic E-state index is 0.270. The van der Waals surface area contributed by atoms with Crippen LogP contribution in [-0.2, 0) is 4.79 Å². The Labute approximate surface area is 158 Å². The number of amides is 1. The Hall–Kier alpha value is -0.680. The van der Waals surface area contributed by atoms with Gasteiger partial charge in [0.15, 0.2) is 0 Å². The Morgan fingerprint density at radius 2 is 1.77 bits per heavy atom. The molecule has 1 atom stereocenters. The summed E-state index contributed by atoms with van der Waals surface area (Å²) in [5.74, 6) is -0.270. The average molecular weight is 462 g/mol. The number of rotatable bonds is 5. The highest BCUT2D eigenvalue weighted by atomic mass is 79.9. The van der Waals surface area contributed by atoms with Crippen LogP contribution in [0, 0.1) is 11.3 Å². The van der Waals surface area contributed by atoms with Crippen LogP contribution in [-0.4, -0.2) is 33.1 Å². The Kier molecular flexibility index (Phi) is 7.77.